The predicted molar refractivity (Wildman–Crippen MR) is 94.1 cm³/mol. The molecule has 1 nitrogen and oxygen atoms in total. The summed E-state index contributed by atoms with van der Waals surface area (Å²) in [5.41, 5.74) is 0.0260. The van der Waals surface area contributed by atoms with Crippen LogP contribution in [0.25, 0.3) is 0 Å². The molecule has 1 atom stereocenters. The molecule has 0 aromatic carbocycles. The third-order valence-corrected chi connectivity index (χ3v) is 4.87. The lowest BCUT2D eigenvalue weighted by Gasteiger charge is -2.30. The zero-order chi connectivity index (χ0) is 18.1. The molecule has 0 radical (unpaired) electrons. The summed E-state index contributed by atoms with van der Waals surface area (Å²) in [5, 5.41) is 0. The molecule has 1 heterocycles. The summed E-state index contributed by atoms with van der Waals surface area (Å²) in [6.07, 6.45) is 8.09. The van der Waals surface area contributed by atoms with Crippen LogP contribution in [0.3, 0.4) is 0 Å². The molecule has 0 saturated carbocycles. The third-order valence-electron chi connectivity index (χ3n) is 4.87. The lowest BCUT2D eigenvalue weighted by Crippen LogP contribution is -2.24. The molecule has 0 aliphatic heterocycles. The molecule has 0 amide bonds. The Kier molecular flexibility index (Phi) is 8.79. The second kappa shape index (κ2) is 10.0. The minimum atomic E-state index is -4.32. The van der Waals surface area contributed by atoms with Gasteiger partial charge in [0.25, 0.3) is 0 Å². The van der Waals surface area contributed by atoms with Gasteiger partial charge in [-0.3, -0.25) is 4.98 Å². The van der Waals surface area contributed by atoms with Gasteiger partial charge in [0.2, 0.25) is 0 Å². The first-order valence-corrected chi connectivity index (χ1v) is 9.37. The number of aromatic nitrogens is 1. The smallest absolute Gasteiger partial charge is 0.260 e. The van der Waals surface area contributed by atoms with E-state index in [0.717, 1.165) is 50.4 Å². The highest BCUT2D eigenvalue weighted by molar-refractivity contribution is 5.22. The number of hydrogen-bond donors (Lipinski definition) is 0. The van der Waals surface area contributed by atoms with E-state index in [1.54, 1.807) is 6.07 Å². The van der Waals surface area contributed by atoms with Crippen LogP contribution in [0.15, 0.2) is 18.3 Å². The summed E-state index contributed by atoms with van der Waals surface area (Å²) in [6.45, 7) is 6.53. The van der Waals surface area contributed by atoms with Crippen LogP contribution >= 0.6 is 0 Å². The molecular weight excluding hydrogens is 311 g/mol. The van der Waals surface area contributed by atoms with E-state index in [1.165, 1.54) is 31.7 Å². The first-order valence-electron chi connectivity index (χ1n) is 9.37. The summed E-state index contributed by atoms with van der Waals surface area (Å²) in [4.78, 5) is 4.19. The van der Waals surface area contributed by atoms with Crippen molar-refractivity contribution < 1.29 is 13.2 Å². The lowest BCUT2D eigenvalue weighted by molar-refractivity contribution is -0.137. The molecule has 0 spiro atoms. The van der Waals surface area contributed by atoms with Gasteiger partial charge in [0.1, 0.15) is 0 Å². The van der Waals surface area contributed by atoms with Gasteiger partial charge in [-0.25, -0.2) is 0 Å². The van der Waals surface area contributed by atoms with Crippen LogP contribution in [-0.2, 0) is 11.6 Å². The molecule has 0 N–H and O–H groups in total. The molecule has 24 heavy (non-hydrogen) atoms. The maximum Gasteiger partial charge on any atom is 0.417 e. The van der Waals surface area contributed by atoms with Crippen LogP contribution in [-0.4, -0.2) is 4.98 Å². The third kappa shape index (κ3) is 6.82. The minimum absolute atomic E-state index is 0.120. The Bertz CT molecular complexity index is 453. The fourth-order valence-electron chi connectivity index (χ4n) is 3.18. The number of alkyl halides is 3. The summed E-state index contributed by atoms with van der Waals surface area (Å²) in [6, 6.07) is 2.76. The van der Waals surface area contributed by atoms with Gasteiger partial charge in [0.05, 0.1) is 5.56 Å². The number of halogens is 3. The van der Waals surface area contributed by atoms with Crippen molar-refractivity contribution in [2.75, 3.05) is 0 Å². The molecule has 1 rings (SSSR count). The van der Waals surface area contributed by atoms with Crippen LogP contribution in [0, 0.1) is 0 Å². The zero-order valence-electron chi connectivity index (χ0n) is 15.4. The fourth-order valence-corrected chi connectivity index (χ4v) is 3.18. The second-order valence-corrected chi connectivity index (χ2v) is 7.11. The highest BCUT2D eigenvalue weighted by atomic mass is 19.4. The molecule has 0 saturated heterocycles. The highest BCUT2D eigenvalue weighted by Crippen LogP contribution is 2.36. The first kappa shape index (κ1) is 21.0. The Morgan fingerprint density at radius 2 is 1.38 bits per heavy atom. The van der Waals surface area contributed by atoms with Gasteiger partial charge < -0.3 is 0 Å². The normalized spacial score (nSPS) is 14.6. The quantitative estimate of drug-likeness (QED) is 0.384. The minimum Gasteiger partial charge on any atom is -0.260 e. The summed E-state index contributed by atoms with van der Waals surface area (Å²) in [5.74, 6) is 0. The standard InChI is InChI=1S/C20H32F3N/c1-4-6-8-9-11-15-19(3,14-10-7-5-2)18-13-12-17(16-24-18)20(21,22)23/h12-13,16H,4-11,14-15H2,1-3H3. The van der Waals surface area contributed by atoms with Crippen LogP contribution in [0.2, 0.25) is 0 Å². The lowest BCUT2D eigenvalue weighted by atomic mass is 9.76. The monoisotopic (exact) mass is 343 g/mol. The van der Waals surface area contributed by atoms with Crippen molar-refractivity contribution in [2.24, 2.45) is 0 Å². The molecule has 0 aliphatic rings. The Labute approximate surface area is 145 Å². The van der Waals surface area contributed by atoms with Crippen molar-refractivity contribution in [3.8, 4) is 0 Å². The summed E-state index contributed by atoms with van der Waals surface area (Å²) in [7, 11) is 0. The average Bonchev–Trinajstić information content (AvgIpc) is 2.54. The molecule has 1 unspecified atom stereocenters. The van der Waals surface area contributed by atoms with Gasteiger partial charge in [-0.05, 0) is 25.0 Å². The predicted octanol–water partition coefficient (Wildman–Crippen LogP) is 7.30. The van der Waals surface area contributed by atoms with Gasteiger partial charge in [0, 0.05) is 17.3 Å². The van der Waals surface area contributed by atoms with E-state index < -0.39 is 11.7 Å². The van der Waals surface area contributed by atoms with Crippen molar-refractivity contribution in [1.29, 1.82) is 0 Å². The summed E-state index contributed by atoms with van der Waals surface area (Å²) >= 11 is 0. The van der Waals surface area contributed by atoms with Gasteiger partial charge >= 0.3 is 6.18 Å². The van der Waals surface area contributed by atoms with E-state index in [4.69, 9.17) is 0 Å². The molecule has 1 aromatic heterocycles. The zero-order valence-corrected chi connectivity index (χ0v) is 15.4. The Hall–Kier alpha value is -1.06. The molecule has 0 aliphatic carbocycles. The highest BCUT2D eigenvalue weighted by Gasteiger charge is 2.32. The number of nitrogens with zero attached hydrogens (tertiary/aromatic N) is 1. The van der Waals surface area contributed by atoms with Crippen LogP contribution in [0.1, 0.15) is 96.2 Å². The van der Waals surface area contributed by atoms with Crippen molar-refractivity contribution in [3.05, 3.63) is 29.6 Å². The number of rotatable bonds is 11. The average molecular weight is 343 g/mol. The largest absolute Gasteiger partial charge is 0.417 e. The van der Waals surface area contributed by atoms with E-state index in [9.17, 15) is 13.2 Å². The van der Waals surface area contributed by atoms with E-state index in [2.05, 4.69) is 25.8 Å². The maximum atomic E-state index is 12.7. The fraction of sp³-hybridized carbons (Fsp3) is 0.750. The van der Waals surface area contributed by atoms with E-state index in [1.807, 2.05) is 0 Å². The van der Waals surface area contributed by atoms with Gasteiger partial charge in [0.15, 0.2) is 0 Å². The van der Waals surface area contributed by atoms with Crippen molar-refractivity contribution in [2.45, 2.75) is 96.6 Å². The molecule has 4 heteroatoms. The molecule has 0 fully saturated rings. The Morgan fingerprint density at radius 3 is 1.88 bits per heavy atom. The van der Waals surface area contributed by atoms with Gasteiger partial charge in [-0.1, -0.05) is 72.1 Å². The van der Waals surface area contributed by atoms with Crippen molar-refractivity contribution in [1.82, 2.24) is 4.98 Å². The van der Waals surface area contributed by atoms with Gasteiger partial charge in [-0.15, -0.1) is 0 Å². The van der Waals surface area contributed by atoms with E-state index in [0.29, 0.717) is 0 Å². The van der Waals surface area contributed by atoms with Crippen LogP contribution in [0.4, 0.5) is 13.2 Å². The van der Waals surface area contributed by atoms with Crippen LogP contribution in [0.5, 0.6) is 0 Å². The summed E-state index contributed by atoms with van der Waals surface area (Å²) < 4.78 is 38.2. The number of pyridine rings is 1. The molecule has 1 aromatic rings. The molecule has 0 bridgehead atoms. The number of hydrogen-bond acceptors (Lipinski definition) is 1. The number of unbranched alkanes of at least 4 members (excludes halogenated alkanes) is 6. The Morgan fingerprint density at radius 1 is 0.833 bits per heavy atom. The SMILES string of the molecule is CCCCCCCC(C)(CCCCC)c1ccc(C(F)(F)F)cn1. The van der Waals surface area contributed by atoms with E-state index >= 15 is 0 Å². The second-order valence-electron chi connectivity index (χ2n) is 7.11. The van der Waals surface area contributed by atoms with Crippen molar-refractivity contribution in [3.63, 3.8) is 0 Å². The Balaban J connectivity index is 2.79. The van der Waals surface area contributed by atoms with Gasteiger partial charge in [-0.2, -0.15) is 13.2 Å². The molecule has 138 valence electrons. The molecular formula is C20H32F3N. The van der Waals surface area contributed by atoms with Crippen molar-refractivity contribution >= 4 is 0 Å². The topological polar surface area (TPSA) is 12.9 Å². The van der Waals surface area contributed by atoms with E-state index in [-0.39, 0.29) is 5.41 Å². The maximum absolute atomic E-state index is 12.7. The van der Waals surface area contributed by atoms with Crippen LogP contribution < -0.4 is 0 Å². The first-order chi connectivity index (χ1) is 11.3.